The van der Waals surface area contributed by atoms with Crippen molar-refractivity contribution < 1.29 is 14.3 Å². The van der Waals surface area contributed by atoms with Crippen molar-refractivity contribution in [2.45, 2.75) is 38.8 Å². The average Bonchev–Trinajstić information content (AvgIpc) is 3.01. The van der Waals surface area contributed by atoms with Gasteiger partial charge in [-0.15, -0.1) is 0 Å². The van der Waals surface area contributed by atoms with Gasteiger partial charge in [0.1, 0.15) is 11.4 Å². The number of aromatic amines is 1. The van der Waals surface area contributed by atoms with Crippen LogP contribution < -0.4 is 10.1 Å². The van der Waals surface area contributed by atoms with Gasteiger partial charge < -0.3 is 15.0 Å². The minimum Gasteiger partial charge on any atom is -0.497 e. The number of hydrogen-bond acceptors (Lipinski definition) is 4. The summed E-state index contributed by atoms with van der Waals surface area (Å²) >= 11 is 0. The largest absolute Gasteiger partial charge is 0.497 e. The summed E-state index contributed by atoms with van der Waals surface area (Å²) in [5, 5.41) is 9.62. The smallest absolute Gasteiger partial charge is 0.269 e. The standard InChI is InChI=1S/C19H24N4O3/c1-13-11-20-22-18(13)19(25)21-15-6-7-17(24)23(9-8-15)12-14-4-3-5-16(10-14)26-2/h3-5,10-11,15H,6-9,12H2,1-2H3,(H,20,22)(H,21,25). The van der Waals surface area contributed by atoms with Crippen LogP contribution in [0.25, 0.3) is 0 Å². The topological polar surface area (TPSA) is 87.3 Å². The molecule has 3 rings (SSSR count). The van der Waals surface area contributed by atoms with Crippen molar-refractivity contribution >= 4 is 11.8 Å². The molecule has 1 atom stereocenters. The van der Waals surface area contributed by atoms with Crippen LogP contribution in [0.15, 0.2) is 30.5 Å². The zero-order valence-corrected chi connectivity index (χ0v) is 15.1. The number of H-pyrrole nitrogens is 1. The normalized spacial score (nSPS) is 17.7. The third kappa shape index (κ3) is 4.22. The van der Waals surface area contributed by atoms with Crippen LogP contribution in [0, 0.1) is 6.92 Å². The van der Waals surface area contributed by atoms with Crippen LogP contribution in [0.3, 0.4) is 0 Å². The molecule has 0 spiro atoms. The van der Waals surface area contributed by atoms with E-state index in [1.165, 1.54) is 0 Å². The number of aryl methyl sites for hydroxylation is 1. The number of amides is 2. The first kappa shape index (κ1) is 18.0. The highest BCUT2D eigenvalue weighted by Crippen LogP contribution is 2.18. The number of ether oxygens (including phenoxy) is 1. The molecule has 7 heteroatoms. The lowest BCUT2D eigenvalue weighted by Gasteiger charge is -2.21. The minimum atomic E-state index is -0.168. The van der Waals surface area contributed by atoms with Gasteiger partial charge in [0.2, 0.25) is 5.91 Å². The highest BCUT2D eigenvalue weighted by atomic mass is 16.5. The number of hydrogen-bond donors (Lipinski definition) is 2. The molecule has 1 fully saturated rings. The number of carbonyl (C=O) groups is 2. The number of carbonyl (C=O) groups excluding carboxylic acids is 2. The van der Waals surface area contributed by atoms with Crippen molar-refractivity contribution in [2.75, 3.05) is 13.7 Å². The van der Waals surface area contributed by atoms with Crippen molar-refractivity contribution in [1.29, 1.82) is 0 Å². The van der Waals surface area contributed by atoms with Gasteiger partial charge in [-0.05, 0) is 43.0 Å². The van der Waals surface area contributed by atoms with E-state index < -0.39 is 0 Å². The second kappa shape index (κ2) is 8.03. The van der Waals surface area contributed by atoms with Crippen LogP contribution >= 0.6 is 0 Å². The third-order valence-corrected chi connectivity index (χ3v) is 4.71. The van der Waals surface area contributed by atoms with Crippen LogP contribution in [0.5, 0.6) is 5.75 Å². The van der Waals surface area contributed by atoms with E-state index >= 15 is 0 Å². The molecule has 1 aliphatic heterocycles. The van der Waals surface area contributed by atoms with Crippen LogP contribution in [0.1, 0.15) is 40.9 Å². The number of likely N-dealkylation sites (tertiary alicyclic amines) is 1. The zero-order chi connectivity index (χ0) is 18.5. The van der Waals surface area contributed by atoms with E-state index in [0.29, 0.717) is 31.6 Å². The maximum absolute atomic E-state index is 12.5. The highest BCUT2D eigenvalue weighted by Gasteiger charge is 2.24. The lowest BCUT2D eigenvalue weighted by Crippen LogP contribution is -2.36. The Labute approximate surface area is 152 Å². The molecular weight excluding hydrogens is 332 g/mol. The third-order valence-electron chi connectivity index (χ3n) is 4.71. The minimum absolute atomic E-state index is 0.0236. The van der Waals surface area contributed by atoms with Crippen molar-refractivity contribution in [3.63, 3.8) is 0 Å². The molecule has 0 aliphatic carbocycles. The monoisotopic (exact) mass is 356 g/mol. The Morgan fingerprint density at radius 2 is 2.27 bits per heavy atom. The molecule has 1 unspecified atom stereocenters. The van der Waals surface area contributed by atoms with Crippen molar-refractivity contribution in [3.05, 3.63) is 47.3 Å². The Kier molecular flexibility index (Phi) is 5.55. The van der Waals surface area contributed by atoms with Gasteiger partial charge in [-0.1, -0.05) is 12.1 Å². The number of aromatic nitrogens is 2. The number of rotatable bonds is 5. The van der Waals surface area contributed by atoms with Gasteiger partial charge in [0.15, 0.2) is 0 Å². The summed E-state index contributed by atoms with van der Waals surface area (Å²) < 4.78 is 5.24. The molecule has 1 saturated heterocycles. The maximum atomic E-state index is 12.5. The van der Waals surface area contributed by atoms with Gasteiger partial charge in [0.25, 0.3) is 5.91 Å². The van der Waals surface area contributed by atoms with Crippen LogP contribution in [0.2, 0.25) is 0 Å². The molecule has 0 radical (unpaired) electrons. The first-order valence-electron chi connectivity index (χ1n) is 8.78. The van der Waals surface area contributed by atoms with E-state index in [4.69, 9.17) is 4.74 Å². The van der Waals surface area contributed by atoms with Crippen molar-refractivity contribution in [1.82, 2.24) is 20.4 Å². The van der Waals surface area contributed by atoms with E-state index in [1.54, 1.807) is 13.3 Å². The molecule has 1 aromatic carbocycles. The van der Waals surface area contributed by atoms with E-state index in [0.717, 1.165) is 23.3 Å². The summed E-state index contributed by atoms with van der Waals surface area (Å²) in [7, 11) is 1.63. The molecule has 0 saturated carbocycles. The molecular formula is C19H24N4O3. The van der Waals surface area contributed by atoms with E-state index in [1.807, 2.05) is 36.1 Å². The summed E-state index contributed by atoms with van der Waals surface area (Å²) in [6.07, 6.45) is 3.43. The van der Waals surface area contributed by atoms with Gasteiger partial charge in [0, 0.05) is 25.6 Å². The number of methoxy groups -OCH3 is 1. The van der Waals surface area contributed by atoms with Crippen LogP contribution in [0.4, 0.5) is 0 Å². The molecule has 1 aromatic heterocycles. The molecule has 0 bridgehead atoms. The summed E-state index contributed by atoms with van der Waals surface area (Å²) in [4.78, 5) is 26.6. The Morgan fingerprint density at radius 3 is 3.00 bits per heavy atom. The predicted octanol–water partition coefficient (Wildman–Crippen LogP) is 2.04. The molecule has 2 heterocycles. The Balaban J connectivity index is 1.60. The fraction of sp³-hybridized carbons (Fsp3) is 0.421. The molecule has 138 valence electrons. The first-order chi connectivity index (χ1) is 12.6. The fourth-order valence-corrected chi connectivity index (χ4v) is 3.17. The van der Waals surface area contributed by atoms with E-state index in [9.17, 15) is 9.59 Å². The Bertz CT molecular complexity index is 787. The first-order valence-corrected chi connectivity index (χ1v) is 8.78. The summed E-state index contributed by atoms with van der Waals surface area (Å²) in [5.74, 6) is 0.728. The molecule has 2 aromatic rings. The number of benzene rings is 1. The second-order valence-corrected chi connectivity index (χ2v) is 6.59. The van der Waals surface area contributed by atoms with Crippen LogP contribution in [-0.2, 0) is 11.3 Å². The van der Waals surface area contributed by atoms with Gasteiger partial charge in [-0.2, -0.15) is 5.10 Å². The predicted molar refractivity (Wildman–Crippen MR) is 96.8 cm³/mol. The van der Waals surface area contributed by atoms with Gasteiger partial charge in [0.05, 0.1) is 13.3 Å². The molecule has 2 N–H and O–H groups in total. The zero-order valence-electron chi connectivity index (χ0n) is 15.1. The van der Waals surface area contributed by atoms with Crippen molar-refractivity contribution in [3.8, 4) is 5.75 Å². The maximum Gasteiger partial charge on any atom is 0.269 e. The highest BCUT2D eigenvalue weighted by molar-refractivity contribution is 5.93. The summed E-state index contributed by atoms with van der Waals surface area (Å²) in [5.41, 5.74) is 2.33. The molecule has 1 aliphatic rings. The fourth-order valence-electron chi connectivity index (χ4n) is 3.17. The van der Waals surface area contributed by atoms with Gasteiger partial charge >= 0.3 is 0 Å². The molecule has 26 heavy (non-hydrogen) atoms. The summed E-state index contributed by atoms with van der Waals surface area (Å²) in [6, 6.07) is 7.71. The van der Waals surface area contributed by atoms with Gasteiger partial charge in [-0.25, -0.2) is 0 Å². The molecule has 2 amide bonds. The van der Waals surface area contributed by atoms with Crippen molar-refractivity contribution in [2.24, 2.45) is 0 Å². The SMILES string of the molecule is COc1cccc(CN2CCC(NC(=O)c3[nH]ncc3C)CCC2=O)c1. The van der Waals surface area contributed by atoms with E-state index in [2.05, 4.69) is 15.5 Å². The van der Waals surface area contributed by atoms with Gasteiger partial charge in [-0.3, -0.25) is 14.7 Å². The van der Waals surface area contributed by atoms with E-state index in [-0.39, 0.29) is 17.9 Å². The second-order valence-electron chi connectivity index (χ2n) is 6.59. The Hall–Kier alpha value is -2.83. The number of nitrogens with one attached hydrogen (secondary N) is 2. The Morgan fingerprint density at radius 1 is 1.42 bits per heavy atom. The number of nitrogens with zero attached hydrogens (tertiary/aromatic N) is 2. The lowest BCUT2D eigenvalue weighted by atomic mass is 10.1. The quantitative estimate of drug-likeness (QED) is 0.858. The molecule has 7 nitrogen and oxygen atoms in total. The summed E-state index contributed by atoms with van der Waals surface area (Å²) in [6.45, 7) is 3.00. The lowest BCUT2D eigenvalue weighted by molar-refractivity contribution is -0.131. The average molecular weight is 356 g/mol. The van der Waals surface area contributed by atoms with Crippen LogP contribution in [-0.4, -0.2) is 46.6 Å².